The van der Waals surface area contributed by atoms with Crippen molar-refractivity contribution < 1.29 is 4.39 Å². The molecule has 1 aromatic carbocycles. The van der Waals surface area contributed by atoms with Crippen LogP contribution in [0.15, 0.2) is 24.3 Å². The number of hydrogen-bond donors (Lipinski definition) is 1. The van der Waals surface area contributed by atoms with Crippen LogP contribution >= 0.6 is 12.2 Å². The van der Waals surface area contributed by atoms with E-state index in [4.69, 9.17) is 18.0 Å². The van der Waals surface area contributed by atoms with E-state index in [0.29, 0.717) is 11.5 Å². The molecule has 2 rings (SSSR count). The molecule has 2 N–H and O–H groups in total. The molecule has 1 fully saturated rings. The van der Waals surface area contributed by atoms with E-state index in [1.165, 1.54) is 6.07 Å². The molecule has 1 aromatic rings. The fourth-order valence-corrected chi connectivity index (χ4v) is 2.52. The Morgan fingerprint density at radius 2 is 2.00 bits per heavy atom. The Bertz CT molecular complexity index is 439. The number of hydrogen-bond acceptors (Lipinski definition) is 2. The number of nitrogens with two attached hydrogens (primary N) is 1. The topological polar surface area (TPSA) is 29.3 Å². The molecule has 0 saturated carbocycles. The Labute approximate surface area is 113 Å². The van der Waals surface area contributed by atoms with E-state index in [1.807, 2.05) is 12.1 Å². The van der Waals surface area contributed by atoms with Crippen LogP contribution in [0.4, 0.5) is 4.39 Å². The number of piperidine rings is 1. The molecule has 1 aliphatic rings. The summed E-state index contributed by atoms with van der Waals surface area (Å²) in [7, 11) is 0. The van der Waals surface area contributed by atoms with Crippen molar-refractivity contribution in [1.29, 1.82) is 0 Å². The van der Waals surface area contributed by atoms with Gasteiger partial charge in [0.05, 0.1) is 4.99 Å². The highest BCUT2D eigenvalue weighted by atomic mass is 32.1. The lowest BCUT2D eigenvalue weighted by Crippen LogP contribution is -2.44. The third-order valence-corrected chi connectivity index (χ3v) is 4.40. The summed E-state index contributed by atoms with van der Waals surface area (Å²) in [5.74, 6) is -0.125. The molecule has 98 valence electrons. The van der Waals surface area contributed by atoms with Gasteiger partial charge in [0.25, 0.3) is 0 Å². The summed E-state index contributed by atoms with van der Waals surface area (Å²) >= 11 is 5.12. The summed E-state index contributed by atoms with van der Waals surface area (Å²) in [6.07, 6.45) is 1.91. The molecule has 1 saturated heterocycles. The van der Waals surface area contributed by atoms with Gasteiger partial charge in [-0.05, 0) is 32.0 Å². The second kappa shape index (κ2) is 5.33. The zero-order chi connectivity index (χ0) is 13.2. The van der Waals surface area contributed by atoms with Gasteiger partial charge in [-0.1, -0.05) is 37.3 Å². The van der Waals surface area contributed by atoms with Crippen LogP contribution in [0.3, 0.4) is 0 Å². The van der Waals surface area contributed by atoms with Crippen LogP contribution in [0.25, 0.3) is 0 Å². The smallest absolute Gasteiger partial charge is 0.127 e. The minimum atomic E-state index is -0.125. The van der Waals surface area contributed by atoms with Gasteiger partial charge in [-0.25, -0.2) is 4.39 Å². The van der Waals surface area contributed by atoms with Crippen molar-refractivity contribution in [2.75, 3.05) is 13.1 Å². The molecule has 1 aliphatic heterocycles. The molecule has 2 nitrogen and oxygen atoms in total. The normalized spacial score (nSPS) is 19.7. The summed E-state index contributed by atoms with van der Waals surface area (Å²) < 4.78 is 13.6. The van der Waals surface area contributed by atoms with Gasteiger partial charge in [-0.15, -0.1) is 0 Å². The Balaban J connectivity index is 1.95. The van der Waals surface area contributed by atoms with Gasteiger partial charge in [-0.2, -0.15) is 0 Å². The Morgan fingerprint density at radius 1 is 1.39 bits per heavy atom. The minimum Gasteiger partial charge on any atom is -0.393 e. The number of halogens is 1. The summed E-state index contributed by atoms with van der Waals surface area (Å²) in [5.41, 5.74) is 6.51. The van der Waals surface area contributed by atoms with E-state index >= 15 is 0 Å². The highest BCUT2D eigenvalue weighted by Gasteiger charge is 2.32. The van der Waals surface area contributed by atoms with Crippen LogP contribution < -0.4 is 5.73 Å². The van der Waals surface area contributed by atoms with Crippen LogP contribution in [0, 0.1) is 11.2 Å². The van der Waals surface area contributed by atoms with Crippen LogP contribution in [0.2, 0.25) is 0 Å². The van der Waals surface area contributed by atoms with Crippen LogP contribution in [0.5, 0.6) is 0 Å². The van der Waals surface area contributed by atoms with E-state index in [9.17, 15) is 4.39 Å². The highest BCUT2D eigenvalue weighted by Crippen LogP contribution is 2.31. The number of likely N-dealkylation sites (tertiary alicyclic amines) is 1. The molecule has 0 bridgehead atoms. The summed E-state index contributed by atoms with van der Waals surface area (Å²) in [6, 6.07) is 6.95. The lowest BCUT2D eigenvalue weighted by molar-refractivity contribution is 0.156. The van der Waals surface area contributed by atoms with E-state index in [0.717, 1.165) is 31.5 Å². The first-order valence-electron chi connectivity index (χ1n) is 6.27. The predicted molar refractivity (Wildman–Crippen MR) is 75.8 cm³/mol. The maximum atomic E-state index is 13.6. The number of rotatable bonds is 3. The van der Waals surface area contributed by atoms with Gasteiger partial charge in [0.15, 0.2) is 0 Å². The van der Waals surface area contributed by atoms with Gasteiger partial charge < -0.3 is 5.73 Å². The van der Waals surface area contributed by atoms with Gasteiger partial charge >= 0.3 is 0 Å². The van der Waals surface area contributed by atoms with E-state index < -0.39 is 0 Å². The summed E-state index contributed by atoms with van der Waals surface area (Å²) in [5, 5.41) is 0. The molecule has 0 spiro atoms. The lowest BCUT2D eigenvalue weighted by atomic mass is 9.80. The monoisotopic (exact) mass is 266 g/mol. The summed E-state index contributed by atoms with van der Waals surface area (Å²) in [4.78, 5) is 2.87. The van der Waals surface area contributed by atoms with E-state index in [-0.39, 0.29) is 11.2 Å². The van der Waals surface area contributed by atoms with Crippen LogP contribution in [-0.4, -0.2) is 23.0 Å². The first-order valence-corrected chi connectivity index (χ1v) is 6.68. The molecular weight excluding hydrogens is 247 g/mol. The molecule has 18 heavy (non-hydrogen) atoms. The molecule has 1 heterocycles. The molecule has 0 unspecified atom stereocenters. The second-order valence-corrected chi connectivity index (χ2v) is 5.73. The molecule has 0 atom stereocenters. The number of nitrogens with zero attached hydrogens (tertiary/aromatic N) is 1. The minimum absolute atomic E-state index is 0.0267. The van der Waals surface area contributed by atoms with Gasteiger partial charge in [0.2, 0.25) is 0 Å². The van der Waals surface area contributed by atoms with Gasteiger partial charge in [0, 0.05) is 17.5 Å². The summed E-state index contributed by atoms with van der Waals surface area (Å²) in [6.45, 7) is 4.63. The third-order valence-electron chi connectivity index (χ3n) is 3.91. The van der Waals surface area contributed by atoms with Crippen molar-refractivity contribution in [3.63, 3.8) is 0 Å². The lowest BCUT2D eigenvalue weighted by Gasteiger charge is -2.38. The van der Waals surface area contributed by atoms with Gasteiger partial charge in [-0.3, -0.25) is 4.90 Å². The predicted octanol–water partition coefficient (Wildman–Crippen LogP) is 2.71. The molecular formula is C14H19FN2S. The van der Waals surface area contributed by atoms with E-state index in [2.05, 4.69) is 11.8 Å². The van der Waals surface area contributed by atoms with Crippen LogP contribution in [-0.2, 0) is 6.54 Å². The largest absolute Gasteiger partial charge is 0.393 e. The van der Waals surface area contributed by atoms with Gasteiger partial charge in [0.1, 0.15) is 5.82 Å². The first-order chi connectivity index (χ1) is 8.51. The standard InChI is InChI=1S/C14H19FN2S/c1-14(13(16)18)6-8-17(9-7-14)10-11-4-2-3-5-12(11)15/h2-5H,6-10H2,1H3,(H2,16,18). The molecule has 0 aromatic heterocycles. The number of benzene rings is 1. The average Bonchev–Trinajstić information content (AvgIpc) is 2.35. The van der Waals surface area contributed by atoms with Crippen molar-refractivity contribution >= 4 is 17.2 Å². The van der Waals surface area contributed by atoms with Crippen molar-refractivity contribution in [2.24, 2.45) is 11.1 Å². The van der Waals surface area contributed by atoms with E-state index in [1.54, 1.807) is 6.07 Å². The van der Waals surface area contributed by atoms with Crippen molar-refractivity contribution in [1.82, 2.24) is 4.90 Å². The maximum Gasteiger partial charge on any atom is 0.127 e. The van der Waals surface area contributed by atoms with Crippen molar-refractivity contribution in [2.45, 2.75) is 26.3 Å². The molecule has 0 amide bonds. The average molecular weight is 266 g/mol. The highest BCUT2D eigenvalue weighted by molar-refractivity contribution is 7.80. The Kier molecular flexibility index (Phi) is 3.97. The zero-order valence-electron chi connectivity index (χ0n) is 10.7. The SMILES string of the molecule is CC1(C(N)=S)CCN(Cc2ccccc2F)CC1. The zero-order valence-corrected chi connectivity index (χ0v) is 11.5. The molecule has 0 radical (unpaired) electrons. The third kappa shape index (κ3) is 2.87. The number of thiocarbonyl (C=S) groups is 1. The quantitative estimate of drug-likeness (QED) is 0.853. The molecule has 4 heteroatoms. The van der Waals surface area contributed by atoms with Crippen molar-refractivity contribution in [3.05, 3.63) is 35.6 Å². The second-order valence-electron chi connectivity index (χ2n) is 5.29. The van der Waals surface area contributed by atoms with Crippen molar-refractivity contribution in [3.8, 4) is 0 Å². The maximum absolute atomic E-state index is 13.6. The Morgan fingerprint density at radius 3 is 2.56 bits per heavy atom. The molecule has 0 aliphatic carbocycles. The Hall–Kier alpha value is -1.00. The fourth-order valence-electron chi connectivity index (χ4n) is 2.32. The first kappa shape index (κ1) is 13.4. The van der Waals surface area contributed by atoms with Crippen LogP contribution in [0.1, 0.15) is 25.3 Å². The fraction of sp³-hybridized carbons (Fsp3) is 0.500.